The van der Waals surface area contributed by atoms with Crippen molar-refractivity contribution >= 4 is 18.4 Å². The molecule has 0 amide bonds. The van der Waals surface area contributed by atoms with Gasteiger partial charge in [0.25, 0.3) is 0 Å². The molecule has 0 aromatic rings. The van der Waals surface area contributed by atoms with Crippen LogP contribution in [0.4, 0.5) is 0 Å². The van der Waals surface area contributed by atoms with Crippen molar-refractivity contribution in [2.24, 2.45) is 0 Å². The van der Waals surface area contributed by atoms with E-state index in [1.165, 1.54) is 0 Å². The second-order valence-electron chi connectivity index (χ2n) is 1.39. The first kappa shape index (κ1) is 9.35. The molecule has 0 aromatic heterocycles. The van der Waals surface area contributed by atoms with Crippen LogP contribution in [-0.2, 0) is 23.9 Å². The van der Waals surface area contributed by atoms with Crippen LogP contribution in [-0.4, -0.2) is 25.5 Å². The van der Waals surface area contributed by atoms with E-state index in [4.69, 9.17) is 0 Å². The van der Waals surface area contributed by atoms with Gasteiger partial charge in [-0.3, -0.25) is 4.79 Å². The van der Waals surface area contributed by atoms with Crippen molar-refractivity contribution in [3.05, 3.63) is 12.2 Å². The van der Waals surface area contributed by atoms with E-state index in [0.29, 0.717) is 0 Å². The van der Waals surface area contributed by atoms with E-state index in [-0.39, 0.29) is 6.47 Å². The van der Waals surface area contributed by atoms with Gasteiger partial charge in [-0.2, -0.15) is 0 Å². The van der Waals surface area contributed by atoms with Crippen LogP contribution in [0.2, 0.25) is 0 Å². The van der Waals surface area contributed by atoms with Gasteiger partial charge in [0.15, 0.2) is 0 Å². The quantitative estimate of drug-likeness (QED) is 0.238. The Kier molecular flexibility index (Phi) is 4.39. The standard InChI is InChI=1S/C6H6O5/c1-10-5(8)2-3-6(9)11-4-7/h2-4H,1H3/b3-2+. The molecule has 0 saturated heterocycles. The number of carbonyl (C=O) groups is 3. The molecule has 0 heterocycles. The summed E-state index contributed by atoms with van der Waals surface area (Å²) < 4.78 is 7.98. The van der Waals surface area contributed by atoms with Gasteiger partial charge < -0.3 is 9.47 Å². The van der Waals surface area contributed by atoms with Gasteiger partial charge in [0.1, 0.15) is 0 Å². The summed E-state index contributed by atoms with van der Waals surface area (Å²) >= 11 is 0. The molecular weight excluding hydrogens is 152 g/mol. The van der Waals surface area contributed by atoms with Gasteiger partial charge in [-0.05, 0) is 0 Å². The fourth-order valence-electron chi connectivity index (χ4n) is 0.291. The summed E-state index contributed by atoms with van der Waals surface area (Å²) in [6.45, 7) is -0.0239. The number of hydrogen-bond acceptors (Lipinski definition) is 5. The van der Waals surface area contributed by atoms with Crippen LogP contribution in [0.5, 0.6) is 0 Å². The van der Waals surface area contributed by atoms with Crippen LogP contribution >= 0.6 is 0 Å². The summed E-state index contributed by atoms with van der Waals surface area (Å²) in [7, 11) is 1.16. The van der Waals surface area contributed by atoms with Crippen molar-refractivity contribution in [1.29, 1.82) is 0 Å². The molecule has 5 heteroatoms. The molecule has 5 nitrogen and oxygen atoms in total. The minimum absolute atomic E-state index is 0.0239. The summed E-state index contributed by atoms with van der Waals surface area (Å²) in [6, 6.07) is 0. The van der Waals surface area contributed by atoms with E-state index in [9.17, 15) is 14.4 Å². The summed E-state index contributed by atoms with van der Waals surface area (Å²) in [5.41, 5.74) is 0. The molecule has 0 aromatic carbocycles. The van der Waals surface area contributed by atoms with E-state index >= 15 is 0 Å². The monoisotopic (exact) mass is 158 g/mol. The Morgan fingerprint density at radius 2 is 1.73 bits per heavy atom. The first-order chi connectivity index (χ1) is 5.20. The van der Waals surface area contributed by atoms with Crippen LogP contribution in [0.15, 0.2) is 12.2 Å². The lowest BCUT2D eigenvalue weighted by atomic mass is 10.5. The Morgan fingerprint density at radius 1 is 1.18 bits per heavy atom. The molecule has 0 rings (SSSR count). The third-order valence-corrected chi connectivity index (χ3v) is 0.721. The smallest absolute Gasteiger partial charge is 0.338 e. The molecule has 0 radical (unpaired) electrons. The highest BCUT2D eigenvalue weighted by molar-refractivity contribution is 5.93. The maximum atomic E-state index is 10.3. The highest BCUT2D eigenvalue weighted by atomic mass is 16.6. The van der Waals surface area contributed by atoms with Crippen LogP contribution < -0.4 is 0 Å². The van der Waals surface area contributed by atoms with Gasteiger partial charge in [0, 0.05) is 12.2 Å². The number of hydrogen-bond donors (Lipinski definition) is 0. The van der Waals surface area contributed by atoms with Crippen molar-refractivity contribution < 1.29 is 23.9 Å². The Morgan fingerprint density at radius 3 is 2.18 bits per heavy atom. The number of rotatable bonds is 3. The van der Waals surface area contributed by atoms with Crippen LogP contribution in [0.1, 0.15) is 0 Å². The molecule has 0 unspecified atom stereocenters. The van der Waals surface area contributed by atoms with Gasteiger partial charge in [-0.15, -0.1) is 0 Å². The molecule has 0 N–H and O–H groups in total. The Hall–Kier alpha value is -1.65. The van der Waals surface area contributed by atoms with Gasteiger partial charge in [0.05, 0.1) is 7.11 Å². The fraction of sp³-hybridized carbons (Fsp3) is 0.167. The minimum atomic E-state index is -0.912. The van der Waals surface area contributed by atoms with Gasteiger partial charge in [-0.1, -0.05) is 0 Å². The van der Waals surface area contributed by atoms with E-state index < -0.39 is 11.9 Å². The SMILES string of the molecule is COC(=O)/C=C/C(=O)OC=O. The van der Waals surface area contributed by atoms with Crippen LogP contribution in [0.25, 0.3) is 0 Å². The summed E-state index contributed by atoms with van der Waals surface area (Å²) in [6.07, 6.45) is 1.64. The van der Waals surface area contributed by atoms with Crippen molar-refractivity contribution in [2.75, 3.05) is 7.11 Å². The third kappa shape index (κ3) is 4.83. The molecule has 0 saturated carbocycles. The Balaban J connectivity index is 3.82. The topological polar surface area (TPSA) is 69.7 Å². The molecule has 0 bridgehead atoms. The highest BCUT2D eigenvalue weighted by Crippen LogP contribution is 1.80. The average molecular weight is 158 g/mol. The zero-order valence-corrected chi connectivity index (χ0v) is 5.77. The normalized spacial score (nSPS) is 9.18. The van der Waals surface area contributed by atoms with Gasteiger partial charge in [-0.25, -0.2) is 9.59 Å². The number of methoxy groups -OCH3 is 1. The maximum Gasteiger partial charge on any atom is 0.338 e. The molecule has 0 aliphatic carbocycles. The van der Waals surface area contributed by atoms with E-state index in [0.717, 1.165) is 19.3 Å². The van der Waals surface area contributed by atoms with E-state index in [1.807, 2.05) is 0 Å². The maximum absolute atomic E-state index is 10.3. The molecule has 0 atom stereocenters. The van der Waals surface area contributed by atoms with Crippen molar-refractivity contribution in [2.45, 2.75) is 0 Å². The average Bonchev–Trinajstić information content (AvgIpc) is 2.01. The van der Waals surface area contributed by atoms with Crippen molar-refractivity contribution in [3.63, 3.8) is 0 Å². The zero-order chi connectivity index (χ0) is 8.69. The Bertz CT molecular complexity index is 193. The van der Waals surface area contributed by atoms with Gasteiger partial charge in [0.2, 0.25) is 0 Å². The van der Waals surface area contributed by atoms with Crippen molar-refractivity contribution in [3.8, 4) is 0 Å². The third-order valence-electron chi connectivity index (χ3n) is 0.721. The largest absolute Gasteiger partial charge is 0.466 e. The molecular formula is C6H6O5. The molecule has 11 heavy (non-hydrogen) atoms. The fourth-order valence-corrected chi connectivity index (χ4v) is 0.291. The van der Waals surface area contributed by atoms with Gasteiger partial charge >= 0.3 is 18.4 Å². The molecule has 0 fully saturated rings. The minimum Gasteiger partial charge on any atom is -0.466 e. The highest BCUT2D eigenvalue weighted by Gasteiger charge is 1.96. The molecule has 60 valence electrons. The van der Waals surface area contributed by atoms with Crippen molar-refractivity contribution in [1.82, 2.24) is 0 Å². The summed E-state index contributed by atoms with van der Waals surface area (Å²) in [4.78, 5) is 30.2. The summed E-state index contributed by atoms with van der Waals surface area (Å²) in [5, 5.41) is 0. The molecule has 0 aliphatic rings. The van der Waals surface area contributed by atoms with E-state index in [2.05, 4.69) is 9.47 Å². The van der Waals surface area contributed by atoms with E-state index in [1.54, 1.807) is 0 Å². The summed E-state index contributed by atoms with van der Waals surface area (Å²) in [5.74, 6) is -1.60. The lowest BCUT2D eigenvalue weighted by Gasteiger charge is -1.88. The van der Waals surface area contributed by atoms with Crippen LogP contribution in [0, 0.1) is 0 Å². The second-order valence-corrected chi connectivity index (χ2v) is 1.39. The lowest BCUT2D eigenvalue weighted by molar-refractivity contribution is -0.147. The predicted molar refractivity (Wildman–Crippen MR) is 33.3 cm³/mol. The predicted octanol–water partition coefficient (Wildman–Crippen LogP) is -0.585. The molecule has 0 spiro atoms. The number of carbonyl (C=O) groups excluding carboxylic acids is 3. The molecule has 0 aliphatic heterocycles. The van der Waals surface area contributed by atoms with Crippen LogP contribution in [0.3, 0.4) is 0 Å². The lowest BCUT2D eigenvalue weighted by Crippen LogP contribution is -2.00. The number of ether oxygens (including phenoxy) is 2. The first-order valence-corrected chi connectivity index (χ1v) is 2.61. The number of esters is 2. The second kappa shape index (κ2) is 5.16. The first-order valence-electron chi connectivity index (χ1n) is 2.61. The zero-order valence-electron chi connectivity index (χ0n) is 5.77. The Labute approximate surface area is 62.6 Å².